The van der Waals surface area contributed by atoms with Gasteiger partial charge in [0.05, 0.1) is 18.1 Å². The van der Waals surface area contributed by atoms with Crippen LogP contribution >= 0.6 is 0 Å². The Labute approximate surface area is 184 Å². The quantitative estimate of drug-likeness (QED) is 0.689. The van der Waals surface area contributed by atoms with Crippen molar-refractivity contribution in [1.29, 1.82) is 0 Å². The van der Waals surface area contributed by atoms with Crippen LogP contribution in [0.3, 0.4) is 0 Å². The summed E-state index contributed by atoms with van der Waals surface area (Å²) in [6, 6.07) is 16.9. The Hall–Kier alpha value is -2.22. The first-order chi connectivity index (χ1) is 15.0. The molecule has 6 nitrogen and oxygen atoms in total. The number of ether oxygens (including phenoxy) is 1. The third-order valence-corrected chi connectivity index (χ3v) is 8.21. The van der Waals surface area contributed by atoms with Crippen LogP contribution in [0.1, 0.15) is 35.2 Å². The Morgan fingerprint density at radius 2 is 1.55 bits per heavy atom. The van der Waals surface area contributed by atoms with Crippen molar-refractivity contribution in [3.8, 4) is 0 Å². The summed E-state index contributed by atoms with van der Waals surface area (Å²) < 4.78 is 32.2. The maximum Gasteiger partial charge on any atom is 0.253 e. The third kappa shape index (κ3) is 5.34. The number of nitrogens with zero attached hydrogens (tertiary/aromatic N) is 2. The molecule has 0 radical (unpaired) electrons. The van der Waals surface area contributed by atoms with E-state index in [1.165, 1.54) is 9.87 Å². The zero-order valence-electron chi connectivity index (χ0n) is 17.8. The molecule has 31 heavy (non-hydrogen) atoms. The number of amides is 1. The fourth-order valence-electron chi connectivity index (χ4n) is 4.33. The molecule has 0 N–H and O–H groups in total. The number of carbonyl (C=O) groups excluding carboxylic acids is 1. The van der Waals surface area contributed by atoms with Gasteiger partial charge in [0.25, 0.3) is 5.91 Å². The molecule has 2 aliphatic heterocycles. The highest BCUT2D eigenvalue weighted by Crippen LogP contribution is 2.24. The molecule has 7 heteroatoms. The third-order valence-electron chi connectivity index (χ3n) is 6.29. The SMILES string of the molecule is O=C(c1ccc(S(=O)(=O)N2CCOCC2)cc1)N1CCC(CCc2ccccc2)CC1. The van der Waals surface area contributed by atoms with E-state index in [0.29, 0.717) is 37.8 Å². The molecule has 2 aliphatic rings. The van der Waals surface area contributed by atoms with E-state index in [1.807, 2.05) is 11.0 Å². The molecule has 2 heterocycles. The molecule has 0 bridgehead atoms. The zero-order valence-corrected chi connectivity index (χ0v) is 18.6. The fraction of sp³-hybridized carbons (Fsp3) is 0.458. The molecule has 4 rings (SSSR count). The van der Waals surface area contributed by atoms with Crippen molar-refractivity contribution in [2.75, 3.05) is 39.4 Å². The minimum absolute atomic E-state index is 0.0168. The van der Waals surface area contributed by atoms with Gasteiger partial charge >= 0.3 is 0 Å². The van der Waals surface area contributed by atoms with Crippen LogP contribution in [0.15, 0.2) is 59.5 Å². The summed E-state index contributed by atoms with van der Waals surface area (Å²) in [5, 5.41) is 0. The summed E-state index contributed by atoms with van der Waals surface area (Å²) >= 11 is 0. The van der Waals surface area contributed by atoms with Crippen molar-refractivity contribution >= 4 is 15.9 Å². The van der Waals surface area contributed by atoms with Crippen molar-refractivity contribution in [3.05, 3.63) is 65.7 Å². The predicted molar refractivity (Wildman–Crippen MR) is 119 cm³/mol. The molecule has 0 aliphatic carbocycles. The first kappa shape index (κ1) is 22.0. The second-order valence-electron chi connectivity index (χ2n) is 8.30. The highest BCUT2D eigenvalue weighted by atomic mass is 32.2. The molecular formula is C24H30N2O4S. The molecule has 2 aromatic rings. The summed E-state index contributed by atoms with van der Waals surface area (Å²) in [5.74, 6) is 0.627. The number of rotatable bonds is 6. The fourth-order valence-corrected chi connectivity index (χ4v) is 5.74. The Morgan fingerprint density at radius 1 is 0.903 bits per heavy atom. The van der Waals surface area contributed by atoms with Crippen molar-refractivity contribution in [1.82, 2.24) is 9.21 Å². The largest absolute Gasteiger partial charge is 0.379 e. The molecule has 0 saturated carbocycles. The summed E-state index contributed by atoms with van der Waals surface area (Å²) in [6.45, 7) is 3.07. The van der Waals surface area contributed by atoms with Crippen LogP contribution in [0.25, 0.3) is 0 Å². The van der Waals surface area contributed by atoms with Gasteiger partial charge < -0.3 is 9.64 Å². The first-order valence-electron chi connectivity index (χ1n) is 11.1. The average Bonchev–Trinajstić information content (AvgIpc) is 2.84. The average molecular weight is 443 g/mol. The van der Waals surface area contributed by atoms with E-state index >= 15 is 0 Å². The van der Waals surface area contributed by atoms with Gasteiger partial charge in [-0.05, 0) is 61.4 Å². The number of hydrogen-bond donors (Lipinski definition) is 0. The number of likely N-dealkylation sites (tertiary alicyclic amines) is 1. The predicted octanol–water partition coefficient (Wildman–Crippen LogP) is 3.19. The number of hydrogen-bond acceptors (Lipinski definition) is 4. The number of carbonyl (C=O) groups is 1. The van der Waals surface area contributed by atoms with Gasteiger partial charge in [0.2, 0.25) is 10.0 Å². The number of morpholine rings is 1. The van der Waals surface area contributed by atoms with Gasteiger partial charge in [0, 0.05) is 31.7 Å². The first-order valence-corrected chi connectivity index (χ1v) is 12.5. The standard InChI is InChI=1S/C24H30N2O4S/c27-24(25-14-12-21(13-15-25)7-6-20-4-2-1-3-5-20)22-8-10-23(11-9-22)31(28,29)26-16-18-30-19-17-26/h1-5,8-11,21H,6-7,12-19H2. The summed E-state index contributed by atoms with van der Waals surface area (Å²) in [5.41, 5.74) is 1.91. The van der Waals surface area contributed by atoms with Crippen LogP contribution in [-0.2, 0) is 21.2 Å². The summed E-state index contributed by atoms with van der Waals surface area (Å²) in [6.07, 6.45) is 4.27. The van der Waals surface area contributed by atoms with Gasteiger partial charge in [-0.25, -0.2) is 8.42 Å². The van der Waals surface area contributed by atoms with Crippen molar-refractivity contribution < 1.29 is 17.9 Å². The maximum absolute atomic E-state index is 12.9. The molecule has 0 spiro atoms. The molecular weight excluding hydrogens is 412 g/mol. The van der Waals surface area contributed by atoms with E-state index in [4.69, 9.17) is 4.74 Å². The molecule has 0 unspecified atom stereocenters. The van der Waals surface area contributed by atoms with Crippen LogP contribution in [0.5, 0.6) is 0 Å². The Kier molecular flexibility index (Phi) is 7.05. The molecule has 2 aromatic carbocycles. The normalized spacial score (nSPS) is 18.8. The van der Waals surface area contributed by atoms with Crippen LogP contribution in [0.2, 0.25) is 0 Å². The van der Waals surface area contributed by atoms with Crippen molar-refractivity contribution in [2.45, 2.75) is 30.6 Å². The van der Waals surface area contributed by atoms with Gasteiger partial charge in [-0.1, -0.05) is 30.3 Å². The summed E-state index contributed by atoms with van der Waals surface area (Å²) in [7, 11) is -3.54. The van der Waals surface area contributed by atoms with Gasteiger partial charge in [0.15, 0.2) is 0 Å². The number of aryl methyl sites for hydroxylation is 1. The van der Waals surface area contributed by atoms with Crippen LogP contribution in [-0.4, -0.2) is 62.9 Å². The number of sulfonamides is 1. The van der Waals surface area contributed by atoms with Crippen LogP contribution in [0.4, 0.5) is 0 Å². The van der Waals surface area contributed by atoms with Gasteiger partial charge in [-0.15, -0.1) is 0 Å². The van der Waals surface area contributed by atoms with Crippen LogP contribution < -0.4 is 0 Å². The van der Waals surface area contributed by atoms with E-state index in [-0.39, 0.29) is 10.8 Å². The molecule has 1 amide bonds. The van der Waals surface area contributed by atoms with Gasteiger partial charge in [0.1, 0.15) is 0 Å². The molecule has 0 atom stereocenters. The number of piperidine rings is 1. The van der Waals surface area contributed by atoms with Crippen molar-refractivity contribution in [2.24, 2.45) is 5.92 Å². The molecule has 2 saturated heterocycles. The van der Waals surface area contributed by atoms with E-state index in [0.717, 1.165) is 38.8 Å². The van der Waals surface area contributed by atoms with Gasteiger partial charge in [-0.2, -0.15) is 4.31 Å². The molecule has 166 valence electrons. The van der Waals surface area contributed by atoms with Crippen molar-refractivity contribution in [3.63, 3.8) is 0 Å². The topological polar surface area (TPSA) is 66.9 Å². The second kappa shape index (κ2) is 9.94. The van der Waals surface area contributed by atoms with Gasteiger partial charge in [-0.3, -0.25) is 4.79 Å². The number of benzene rings is 2. The Bertz CT molecular complexity index is 962. The Morgan fingerprint density at radius 3 is 2.19 bits per heavy atom. The lowest BCUT2D eigenvalue weighted by atomic mass is 9.90. The lowest BCUT2D eigenvalue weighted by molar-refractivity contribution is 0.0687. The lowest BCUT2D eigenvalue weighted by Crippen LogP contribution is -2.40. The zero-order chi connectivity index (χ0) is 21.7. The highest BCUT2D eigenvalue weighted by Gasteiger charge is 2.27. The minimum atomic E-state index is -3.54. The molecule has 2 fully saturated rings. The second-order valence-corrected chi connectivity index (χ2v) is 10.2. The summed E-state index contributed by atoms with van der Waals surface area (Å²) in [4.78, 5) is 15.0. The minimum Gasteiger partial charge on any atom is -0.379 e. The van der Waals surface area contributed by atoms with E-state index in [1.54, 1.807) is 24.3 Å². The molecule has 0 aromatic heterocycles. The maximum atomic E-state index is 12.9. The van der Waals surface area contributed by atoms with E-state index < -0.39 is 10.0 Å². The van der Waals surface area contributed by atoms with E-state index in [9.17, 15) is 13.2 Å². The van der Waals surface area contributed by atoms with E-state index in [2.05, 4.69) is 24.3 Å². The smallest absolute Gasteiger partial charge is 0.253 e. The monoisotopic (exact) mass is 442 g/mol. The lowest BCUT2D eigenvalue weighted by Gasteiger charge is -2.32. The Balaban J connectivity index is 1.31. The van der Waals surface area contributed by atoms with Crippen LogP contribution in [0, 0.1) is 5.92 Å². The highest BCUT2D eigenvalue weighted by molar-refractivity contribution is 7.89.